The van der Waals surface area contributed by atoms with Crippen LogP contribution in [0.4, 0.5) is 0 Å². The molecule has 180 valence electrons. The van der Waals surface area contributed by atoms with Gasteiger partial charge in [-0.25, -0.2) is 0 Å². The number of Topliss-reactive ketones (excluding diaryl/α,β-unsaturated/α-hetero) is 1. The van der Waals surface area contributed by atoms with Gasteiger partial charge in [-0.3, -0.25) is 19.2 Å². The second kappa shape index (κ2) is 29.1. The van der Waals surface area contributed by atoms with Crippen molar-refractivity contribution in [2.45, 2.75) is 41.5 Å². The molecule has 11 heteroatoms. The molecule has 0 heterocycles. The molecule has 0 amide bonds. The summed E-state index contributed by atoms with van der Waals surface area (Å²) >= 11 is 0. The number of carbonyl (C=O) groups excluding carboxylic acids is 1. The fourth-order valence-electron chi connectivity index (χ4n) is 1.36. The Labute approximate surface area is 180 Å². The van der Waals surface area contributed by atoms with Gasteiger partial charge in [0.05, 0.1) is 26.2 Å². The number of rotatable bonds is 15. The van der Waals surface area contributed by atoms with Gasteiger partial charge in [0.2, 0.25) is 0 Å². The summed E-state index contributed by atoms with van der Waals surface area (Å²) in [5, 5.41) is 35.5. The molecule has 0 radical (unpaired) electrons. The van der Waals surface area contributed by atoms with Crippen LogP contribution in [0, 0.1) is 5.92 Å². The number of aliphatic carboxylic acids is 3. The third kappa shape index (κ3) is 40.6. The maximum absolute atomic E-state index is 11.1. The molecule has 0 aliphatic heterocycles. The SMILES string of the molecule is CC.CC.CC(C)C(=O)CNCCNCC(=O)O.O=C(O)CNCCNCC(=O)O. The van der Waals surface area contributed by atoms with Gasteiger partial charge in [-0.2, -0.15) is 0 Å². The minimum absolute atomic E-state index is 0.0419. The van der Waals surface area contributed by atoms with E-state index in [1.807, 2.05) is 41.5 Å². The predicted octanol–water partition coefficient (Wildman–Crippen LogP) is -0.137. The Morgan fingerprint density at radius 2 is 0.800 bits per heavy atom. The summed E-state index contributed by atoms with van der Waals surface area (Å²) in [5.41, 5.74) is 0. The summed E-state index contributed by atoms with van der Waals surface area (Å²) in [6.07, 6.45) is 0. The van der Waals surface area contributed by atoms with Crippen molar-refractivity contribution >= 4 is 23.7 Å². The zero-order valence-electron chi connectivity index (χ0n) is 19.2. The van der Waals surface area contributed by atoms with Gasteiger partial charge in [0.15, 0.2) is 0 Å². The van der Waals surface area contributed by atoms with Crippen LogP contribution in [0.2, 0.25) is 0 Å². The van der Waals surface area contributed by atoms with Crippen molar-refractivity contribution in [1.29, 1.82) is 0 Å². The Morgan fingerprint density at radius 3 is 1.00 bits per heavy atom. The molecule has 0 aliphatic rings. The maximum Gasteiger partial charge on any atom is 0.317 e. The molecule has 0 aliphatic carbocycles. The van der Waals surface area contributed by atoms with E-state index in [4.69, 9.17) is 15.3 Å². The minimum Gasteiger partial charge on any atom is -0.480 e. The maximum atomic E-state index is 11.1. The topological polar surface area (TPSA) is 177 Å². The van der Waals surface area contributed by atoms with E-state index in [2.05, 4.69) is 21.3 Å². The lowest BCUT2D eigenvalue weighted by Gasteiger charge is -2.06. The van der Waals surface area contributed by atoms with Gasteiger partial charge < -0.3 is 36.6 Å². The molecule has 0 rings (SSSR count). The Hall–Kier alpha value is -2.08. The third-order valence-corrected chi connectivity index (χ3v) is 2.73. The summed E-state index contributed by atoms with van der Waals surface area (Å²) in [6, 6.07) is 0. The fraction of sp³-hybridized carbons (Fsp3) is 0.789. The van der Waals surface area contributed by atoms with Gasteiger partial charge in [-0.1, -0.05) is 41.5 Å². The zero-order valence-corrected chi connectivity index (χ0v) is 19.2. The number of carbonyl (C=O) groups is 4. The van der Waals surface area contributed by atoms with Gasteiger partial charge in [0.1, 0.15) is 5.78 Å². The van der Waals surface area contributed by atoms with E-state index in [1.165, 1.54) is 0 Å². The first-order valence-corrected chi connectivity index (χ1v) is 10.2. The Bertz CT molecular complexity index is 415. The largest absolute Gasteiger partial charge is 0.480 e. The molecule has 0 fully saturated rings. The van der Waals surface area contributed by atoms with E-state index in [-0.39, 0.29) is 31.3 Å². The first-order valence-electron chi connectivity index (χ1n) is 10.2. The molecule has 0 unspecified atom stereocenters. The lowest BCUT2D eigenvalue weighted by molar-refractivity contribution is -0.137. The molecular formula is C19H42N4O7. The van der Waals surface area contributed by atoms with Crippen molar-refractivity contribution < 1.29 is 34.5 Å². The van der Waals surface area contributed by atoms with Gasteiger partial charge in [-0.05, 0) is 0 Å². The predicted molar refractivity (Wildman–Crippen MR) is 117 cm³/mol. The lowest BCUT2D eigenvalue weighted by Crippen LogP contribution is -2.34. The van der Waals surface area contributed by atoms with Crippen LogP contribution in [-0.4, -0.2) is 91.4 Å². The monoisotopic (exact) mass is 438 g/mol. The highest BCUT2D eigenvalue weighted by Crippen LogP contribution is 1.91. The summed E-state index contributed by atoms with van der Waals surface area (Å²) < 4.78 is 0. The van der Waals surface area contributed by atoms with Gasteiger partial charge in [0, 0.05) is 32.1 Å². The van der Waals surface area contributed by atoms with Crippen LogP contribution in [0.15, 0.2) is 0 Å². The van der Waals surface area contributed by atoms with Crippen LogP contribution in [0.25, 0.3) is 0 Å². The summed E-state index contributed by atoms with van der Waals surface area (Å²) in [7, 11) is 0. The second-order valence-electron chi connectivity index (χ2n) is 5.51. The molecular weight excluding hydrogens is 396 g/mol. The van der Waals surface area contributed by atoms with Crippen molar-refractivity contribution in [3.63, 3.8) is 0 Å². The number of ketones is 1. The quantitative estimate of drug-likeness (QED) is 0.169. The first kappa shape index (κ1) is 35.4. The number of nitrogens with one attached hydrogen (secondary N) is 4. The zero-order chi connectivity index (χ0) is 24.4. The van der Waals surface area contributed by atoms with Crippen molar-refractivity contribution in [3.8, 4) is 0 Å². The highest BCUT2D eigenvalue weighted by atomic mass is 16.4. The Morgan fingerprint density at radius 1 is 0.567 bits per heavy atom. The van der Waals surface area contributed by atoms with E-state index >= 15 is 0 Å². The Balaban J connectivity index is -0.000000194. The van der Waals surface area contributed by atoms with E-state index < -0.39 is 17.9 Å². The molecule has 0 bridgehead atoms. The second-order valence-corrected chi connectivity index (χ2v) is 5.51. The number of hydrogen-bond acceptors (Lipinski definition) is 8. The lowest BCUT2D eigenvalue weighted by atomic mass is 10.1. The van der Waals surface area contributed by atoms with E-state index in [9.17, 15) is 19.2 Å². The van der Waals surface area contributed by atoms with E-state index in [0.29, 0.717) is 32.7 Å². The summed E-state index contributed by atoms with van der Waals surface area (Å²) in [5.74, 6) is -2.50. The average Bonchev–Trinajstić information content (AvgIpc) is 2.70. The molecule has 0 spiro atoms. The fourth-order valence-corrected chi connectivity index (χ4v) is 1.36. The van der Waals surface area contributed by atoms with Crippen molar-refractivity contribution in [1.82, 2.24) is 21.3 Å². The van der Waals surface area contributed by atoms with Crippen molar-refractivity contribution in [2.24, 2.45) is 5.92 Å². The highest BCUT2D eigenvalue weighted by molar-refractivity contribution is 5.82. The van der Waals surface area contributed by atoms with Gasteiger partial charge in [0.25, 0.3) is 0 Å². The molecule has 0 aromatic rings. The number of carboxylic acid groups (broad SMARTS) is 3. The van der Waals surface area contributed by atoms with Crippen LogP contribution in [0.5, 0.6) is 0 Å². The highest BCUT2D eigenvalue weighted by Gasteiger charge is 2.05. The standard InChI is InChI=1S/C9H18N2O3.C6H12N2O4.2C2H6/c1-7(2)8(12)5-10-3-4-11-6-9(13)14;9-5(10)3-7-1-2-8-4-6(11)12;2*1-2/h7,10-11H,3-6H2,1-2H3,(H,13,14);7-8H,1-4H2,(H,9,10)(H,11,12);2*1-2H3. The van der Waals surface area contributed by atoms with Crippen LogP contribution < -0.4 is 21.3 Å². The molecule has 0 saturated heterocycles. The summed E-state index contributed by atoms with van der Waals surface area (Å²) in [4.78, 5) is 41.1. The summed E-state index contributed by atoms with van der Waals surface area (Å²) in [6.45, 7) is 13.9. The van der Waals surface area contributed by atoms with Crippen LogP contribution in [0.3, 0.4) is 0 Å². The third-order valence-electron chi connectivity index (χ3n) is 2.73. The molecule has 30 heavy (non-hydrogen) atoms. The number of hydrogen-bond donors (Lipinski definition) is 7. The van der Waals surface area contributed by atoms with Crippen molar-refractivity contribution in [2.75, 3.05) is 52.4 Å². The molecule has 0 atom stereocenters. The average molecular weight is 439 g/mol. The van der Waals surface area contributed by atoms with E-state index in [1.54, 1.807) is 0 Å². The number of carboxylic acids is 3. The van der Waals surface area contributed by atoms with Gasteiger partial charge >= 0.3 is 17.9 Å². The smallest absolute Gasteiger partial charge is 0.317 e. The normalized spacial score (nSPS) is 9.17. The van der Waals surface area contributed by atoms with Crippen LogP contribution in [-0.2, 0) is 19.2 Å². The Kier molecular flexibility index (Phi) is 34.3. The van der Waals surface area contributed by atoms with Crippen LogP contribution >= 0.6 is 0 Å². The first-order chi connectivity index (χ1) is 14.2. The van der Waals surface area contributed by atoms with Crippen LogP contribution in [0.1, 0.15) is 41.5 Å². The molecule has 0 saturated carbocycles. The molecule has 11 nitrogen and oxygen atoms in total. The van der Waals surface area contributed by atoms with E-state index in [0.717, 1.165) is 0 Å². The molecule has 0 aromatic heterocycles. The van der Waals surface area contributed by atoms with Gasteiger partial charge in [-0.15, -0.1) is 0 Å². The van der Waals surface area contributed by atoms with Crippen molar-refractivity contribution in [3.05, 3.63) is 0 Å². The molecule has 7 N–H and O–H groups in total. The minimum atomic E-state index is -0.923. The molecule has 0 aromatic carbocycles.